The maximum absolute atomic E-state index is 12.0. The molecule has 3 heterocycles. The first-order valence-corrected chi connectivity index (χ1v) is 6.67. The number of hydrogen-bond donors (Lipinski definition) is 1. The highest BCUT2D eigenvalue weighted by Crippen LogP contribution is 2.28. The fourth-order valence-corrected chi connectivity index (χ4v) is 3.02. The van der Waals surface area contributed by atoms with E-state index in [1.807, 2.05) is 23.6 Å². The van der Waals surface area contributed by atoms with E-state index in [1.54, 1.807) is 17.5 Å². The van der Waals surface area contributed by atoms with Gasteiger partial charge in [0.2, 0.25) is 5.91 Å². The second-order valence-corrected chi connectivity index (χ2v) is 5.14. The second-order valence-electron chi connectivity index (χ2n) is 4.16. The van der Waals surface area contributed by atoms with Crippen molar-refractivity contribution in [2.24, 2.45) is 0 Å². The molecule has 0 radical (unpaired) electrons. The summed E-state index contributed by atoms with van der Waals surface area (Å²) in [5, 5.41) is 8.59. The van der Waals surface area contributed by atoms with Gasteiger partial charge in [-0.2, -0.15) is 0 Å². The van der Waals surface area contributed by atoms with Crippen molar-refractivity contribution >= 4 is 17.2 Å². The van der Waals surface area contributed by atoms with Gasteiger partial charge in [-0.05, 0) is 11.4 Å². The molecule has 3 rings (SSSR count). The summed E-state index contributed by atoms with van der Waals surface area (Å²) in [6, 6.07) is 5.57. The number of piperazine rings is 1. The number of nitrogens with one attached hydrogen (secondary N) is 1. The molecule has 1 saturated heterocycles. The van der Waals surface area contributed by atoms with Crippen molar-refractivity contribution in [3.05, 3.63) is 40.4 Å². The minimum atomic E-state index is -0.219. The molecule has 6 heteroatoms. The van der Waals surface area contributed by atoms with Crippen LogP contribution in [-0.2, 0) is 11.3 Å². The number of hydrogen-bond acceptors (Lipinski definition) is 5. The average Bonchev–Trinajstić information content (AvgIpc) is 3.01. The smallest absolute Gasteiger partial charge is 0.242 e. The second kappa shape index (κ2) is 4.91. The van der Waals surface area contributed by atoms with Crippen LogP contribution >= 0.6 is 11.3 Å². The molecule has 0 bridgehead atoms. The molecule has 1 aliphatic heterocycles. The summed E-state index contributed by atoms with van der Waals surface area (Å²) >= 11 is 1.60. The molecular formula is C12H13N3O2S. The molecule has 1 fully saturated rings. The number of amides is 1. The van der Waals surface area contributed by atoms with Gasteiger partial charge in [0.25, 0.3) is 0 Å². The predicted octanol–water partition coefficient (Wildman–Crippen LogP) is 1.41. The van der Waals surface area contributed by atoms with E-state index in [-0.39, 0.29) is 11.9 Å². The van der Waals surface area contributed by atoms with E-state index < -0.39 is 0 Å². The molecule has 94 valence electrons. The zero-order chi connectivity index (χ0) is 12.4. The maximum Gasteiger partial charge on any atom is 0.242 e. The Balaban J connectivity index is 1.84. The van der Waals surface area contributed by atoms with Gasteiger partial charge in [-0.25, -0.2) is 0 Å². The molecule has 0 aliphatic carbocycles. The van der Waals surface area contributed by atoms with Gasteiger partial charge in [-0.15, -0.1) is 11.3 Å². The molecule has 0 saturated carbocycles. The Bertz CT molecular complexity index is 509. The van der Waals surface area contributed by atoms with Crippen LogP contribution in [0.1, 0.15) is 16.7 Å². The van der Waals surface area contributed by atoms with Crippen molar-refractivity contribution in [3.63, 3.8) is 0 Å². The van der Waals surface area contributed by atoms with Gasteiger partial charge in [0.15, 0.2) is 5.76 Å². The van der Waals surface area contributed by atoms with E-state index >= 15 is 0 Å². The van der Waals surface area contributed by atoms with E-state index in [1.165, 1.54) is 0 Å². The highest BCUT2D eigenvalue weighted by atomic mass is 32.1. The van der Waals surface area contributed by atoms with Gasteiger partial charge >= 0.3 is 0 Å². The Kier molecular flexibility index (Phi) is 3.12. The first-order valence-electron chi connectivity index (χ1n) is 5.79. The molecule has 1 aliphatic rings. The van der Waals surface area contributed by atoms with Crippen LogP contribution in [0.25, 0.3) is 0 Å². The summed E-state index contributed by atoms with van der Waals surface area (Å²) in [6.07, 6.45) is 1.62. The lowest BCUT2D eigenvalue weighted by Crippen LogP contribution is -2.49. The lowest BCUT2D eigenvalue weighted by atomic mass is 10.1. The van der Waals surface area contributed by atoms with Crippen LogP contribution in [0, 0.1) is 0 Å². The molecule has 1 atom stereocenters. The largest absolute Gasteiger partial charge is 0.360 e. The predicted molar refractivity (Wildman–Crippen MR) is 67.0 cm³/mol. The first-order chi connectivity index (χ1) is 8.84. The van der Waals surface area contributed by atoms with E-state index in [0.29, 0.717) is 13.1 Å². The molecule has 1 unspecified atom stereocenters. The molecule has 5 nitrogen and oxygen atoms in total. The van der Waals surface area contributed by atoms with Gasteiger partial charge in [0, 0.05) is 24.0 Å². The molecular weight excluding hydrogens is 250 g/mol. The fourth-order valence-electron chi connectivity index (χ4n) is 2.16. The van der Waals surface area contributed by atoms with Gasteiger partial charge < -0.3 is 9.84 Å². The number of aromatic nitrogens is 1. The number of carbonyl (C=O) groups is 1. The van der Waals surface area contributed by atoms with Gasteiger partial charge in [-0.3, -0.25) is 9.69 Å². The molecule has 1 amide bonds. The number of nitrogens with zero attached hydrogens (tertiary/aromatic N) is 2. The Hall–Kier alpha value is -1.66. The van der Waals surface area contributed by atoms with Crippen molar-refractivity contribution in [1.29, 1.82) is 0 Å². The van der Waals surface area contributed by atoms with Crippen molar-refractivity contribution in [2.45, 2.75) is 12.6 Å². The van der Waals surface area contributed by atoms with Crippen LogP contribution in [0.4, 0.5) is 0 Å². The summed E-state index contributed by atoms with van der Waals surface area (Å²) in [5.74, 6) is 0.842. The first kappa shape index (κ1) is 11.4. The van der Waals surface area contributed by atoms with Crippen LogP contribution in [0.15, 0.2) is 34.3 Å². The summed E-state index contributed by atoms with van der Waals surface area (Å²) < 4.78 is 5.12. The minimum absolute atomic E-state index is 0.0585. The minimum Gasteiger partial charge on any atom is -0.360 e. The third-order valence-corrected chi connectivity index (χ3v) is 3.90. The van der Waals surface area contributed by atoms with Gasteiger partial charge in [0.05, 0.1) is 12.7 Å². The summed E-state index contributed by atoms with van der Waals surface area (Å²) in [5.41, 5.74) is 0. The zero-order valence-electron chi connectivity index (χ0n) is 9.70. The summed E-state index contributed by atoms with van der Waals surface area (Å²) in [7, 11) is 0. The van der Waals surface area contributed by atoms with Crippen molar-refractivity contribution in [2.75, 3.05) is 13.1 Å². The summed E-state index contributed by atoms with van der Waals surface area (Å²) in [4.78, 5) is 15.2. The molecule has 0 aromatic carbocycles. The number of carbonyl (C=O) groups excluding carboxylic acids is 1. The molecule has 1 N–H and O–H groups in total. The van der Waals surface area contributed by atoms with Crippen LogP contribution in [0.2, 0.25) is 0 Å². The van der Waals surface area contributed by atoms with Crippen molar-refractivity contribution < 1.29 is 9.32 Å². The standard InChI is InChI=1S/C12H13N3O2S/c16-12-11(10-2-1-7-18-10)15(6-5-13-12)8-9-3-4-14-17-9/h1-4,7,11H,5-6,8H2,(H,13,16). The van der Waals surface area contributed by atoms with Crippen molar-refractivity contribution in [1.82, 2.24) is 15.4 Å². The third kappa shape index (κ3) is 2.16. The third-order valence-electron chi connectivity index (χ3n) is 2.97. The van der Waals surface area contributed by atoms with Crippen LogP contribution in [0.5, 0.6) is 0 Å². The molecule has 2 aromatic rings. The lowest BCUT2D eigenvalue weighted by molar-refractivity contribution is -0.129. The molecule has 2 aromatic heterocycles. The van der Waals surface area contributed by atoms with Crippen LogP contribution in [0.3, 0.4) is 0 Å². The lowest BCUT2D eigenvalue weighted by Gasteiger charge is -2.33. The topological polar surface area (TPSA) is 58.4 Å². The van der Waals surface area contributed by atoms with Gasteiger partial charge in [0.1, 0.15) is 6.04 Å². The van der Waals surface area contributed by atoms with E-state index in [0.717, 1.165) is 17.2 Å². The fraction of sp³-hybridized carbons (Fsp3) is 0.333. The zero-order valence-corrected chi connectivity index (χ0v) is 10.5. The van der Waals surface area contributed by atoms with Crippen LogP contribution in [-0.4, -0.2) is 29.1 Å². The molecule has 18 heavy (non-hydrogen) atoms. The Morgan fingerprint density at radius 1 is 1.56 bits per heavy atom. The Morgan fingerprint density at radius 3 is 3.22 bits per heavy atom. The number of rotatable bonds is 3. The highest BCUT2D eigenvalue weighted by Gasteiger charge is 2.32. The Morgan fingerprint density at radius 2 is 2.50 bits per heavy atom. The normalized spacial score (nSPS) is 20.9. The molecule has 0 spiro atoms. The van der Waals surface area contributed by atoms with E-state index in [4.69, 9.17) is 4.52 Å². The highest BCUT2D eigenvalue weighted by molar-refractivity contribution is 7.10. The quantitative estimate of drug-likeness (QED) is 0.909. The van der Waals surface area contributed by atoms with E-state index in [9.17, 15) is 4.79 Å². The summed E-state index contributed by atoms with van der Waals surface area (Å²) in [6.45, 7) is 2.10. The van der Waals surface area contributed by atoms with Gasteiger partial charge in [-0.1, -0.05) is 11.2 Å². The van der Waals surface area contributed by atoms with Crippen LogP contribution < -0.4 is 5.32 Å². The number of thiophene rings is 1. The maximum atomic E-state index is 12.0. The SMILES string of the molecule is O=C1NCCN(Cc2ccno2)C1c1cccs1. The average molecular weight is 263 g/mol. The Labute approximate surface area is 108 Å². The monoisotopic (exact) mass is 263 g/mol. The van der Waals surface area contributed by atoms with Crippen molar-refractivity contribution in [3.8, 4) is 0 Å². The van der Waals surface area contributed by atoms with E-state index in [2.05, 4.69) is 15.4 Å².